The lowest BCUT2D eigenvalue weighted by Gasteiger charge is -2.11. The zero-order valence-corrected chi connectivity index (χ0v) is 16.5. The van der Waals surface area contributed by atoms with Crippen LogP contribution in [0.25, 0.3) is 0 Å². The standard InChI is InChI=1S/C21H26O8/c1-26-7-8-28-9-10-29-15-12-18(24)21(19(25)13-15)16(22)5-3-14-4-6-20(27-2)17(23)11-14/h4,6,11-13,23-25H,3,5,7-10H2,1-2H3. The van der Waals surface area contributed by atoms with Crippen molar-refractivity contribution < 1.29 is 39.1 Å². The van der Waals surface area contributed by atoms with Crippen LogP contribution in [0.15, 0.2) is 30.3 Å². The van der Waals surface area contributed by atoms with Crippen molar-refractivity contribution in [1.82, 2.24) is 0 Å². The lowest BCUT2D eigenvalue weighted by Crippen LogP contribution is -2.10. The second-order valence-corrected chi connectivity index (χ2v) is 6.22. The Morgan fingerprint density at radius 3 is 2.21 bits per heavy atom. The Bertz CT molecular complexity index is 795. The number of rotatable bonds is 12. The van der Waals surface area contributed by atoms with Gasteiger partial charge >= 0.3 is 0 Å². The smallest absolute Gasteiger partial charge is 0.170 e. The van der Waals surface area contributed by atoms with Gasteiger partial charge in [0.15, 0.2) is 17.3 Å². The number of ether oxygens (including phenoxy) is 4. The van der Waals surface area contributed by atoms with Crippen LogP contribution in [0.5, 0.6) is 28.7 Å². The maximum absolute atomic E-state index is 12.5. The molecule has 0 spiro atoms. The summed E-state index contributed by atoms with van der Waals surface area (Å²) in [5.74, 6) is -0.589. The van der Waals surface area contributed by atoms with Gasteiger partial charge in [-0.1, -0.05) is 6.07 Å². The summed E-state index contributed by atoms with van der Waals surface area (Å²) < 4.78 is 20.5. The number of benzene rings is 2. The predicted octanol–water partition coefficient (Wildman–Crippen LogP) is 2.67. The molecule has 0 aliphatic carbocycles. The molecular weight excluding hydrogens is 380 g/mol. The normalized spacial score (nSPS) is 10.7. The van der Waals surface area contributed by atoms with E-state index in [1.54, 1.807) is 19.2 Å². The first-order valence-corrected chi connectivity index (χ1v) is 9.10. The molecule has 0 amide bonds. The summed E-state index contributed by atoms with van der Waals surface area (Å²) in [6.07, 6.45) is 0.368. The largest absolute Gasteiger partial charge is 0.507 e. The molecule has 0 atom stereocenters. The number of phenolic OH excluding ortho intramolecular Hbond substituents is 3. The minimum absolute atomic E-state index is 0.0177. The van der Waals surface area contributed by atoms with Crippen molar-refractivity contribution in [1.29, 1.82) is 0 Å². The molecule has 2 aromatic carbocycles. The molecule has 0 aromatic heterocycles. The highest BCUT2D eigenvalue weighted by Gasteiger charge is 2.18. The van der Waals surface area contributed by atoms with Crippen molar-refractivity contribution in [2.24, 2.45) is 0 Å². The molecule has 2 rings (SSSR count). The lowest BCUT2D eigenvalue weighted by molar-refractivity contribution is 0.0543. The van der Waals surface area contributed by atoms with Gasteiger partial charge in [-0.25, -0.2) is 0 Å². The van der Waals surface area contributed by atoms with Crippen molar-refractivity contribution in [2.45, 2.75) is 12.8 Å². The zero-order valence-electron chi connectivity index (χ0n) is 16.5. The number of phenols is 3. The van der Waals surface area contributed by atoms with Crippen molar-refractivity contribution in [3.05, 3.63) is 41.5 Å². The molecule has 8 nitrogen and oxygen atoms in total. The molecule has 8 heteroatoms. The number of Topliss-reactive ketones (excluding diaryl/α,β-unsaturated/α-hetero) is 1. The summed E-state index contributed by atoms with van der Waals surface area (Å²) >= 11 is 0. The summed E-state index contributed by atoms with van der Waals surface area (Å²) in [7, 11) is 3.03. The molecule has 158 valence electrons. The van der Waals surface area contributed by atoms with E-state index in [1.807, 2.05) is 0 Å². The molecule has 29 heavy (non-hydrogen) atoms. The molecule has 0 bridgehead atoms. The Kier molecular flexibility index (Phi) is 8.57. The van der Waals surface area contributed by atoms with Crippen LogP contribution in [0.1, 0.15) is 22.3 Å². The molecular formula is C21H26O8. The zero-order chi connectivity index (χ0) is 21.2. The van der Waals surface area contributed by atoms with Gasteiger partial charge < -0.3 is 34.3 Å². The minimum atomic E-state index is -0.426. The number of carbonyl (C=O) groups excluding carboxylic acids is 1. The van der Waals surface area contributed by atoms with Gasteiger partial charge in [-0.15, -0.1) is 0 Å². The average Bonchev–Trinajstić information content (AvgIpc) is 2.68. The van der Waals surface area contributed by atoms with Crippen LogP contribution in [0, 0.1) is 0 Å². The fraction of sp³-hybridized carbons (Fsp3) is 0.381. The van der Waals surface area contributed by atoms with E-state index in [1.165, 1.54) is 25.3 Å². The topological polar surface area (TPSA) is 115 Å². The van der Waals surface area contributed by atoms with Crippen LogP contribution in [0.3, 0.4) is 0 Å². The van der Waals surface area contributed by atoms with Gasteiger partial charge in [-0.05, 0) is 24.1 Å². The Morgan fingerprint density at radius 1 is 0.897 bits per heavy atom. The van der Waals surface area contributed by atoms with Crippen LogP contribution in [-0.2, 0) is 15.9 Å². The Morgan fingerprint density at radius 2 is 1.59 bits per heavy atom. The first kappa shape index (κ1) is 22.3. The second-order valence-electron chi connectivity index (χ2n) is 6.22. The molecule has 0 saturated heterocycles. The van der Waals surface area contributed by atoms with Gasteiger partial charge in [0.2, 0.25) is 0 Å². The highest BCUT2D eigenvalue weighted by molar-refractivity contribution is 6.01. The summed E-state index contributed by atoms with van der Waals surface area (Å²) in [4.78, 5) is 12.5. The van der Waals surface area contributed by atoms with E-state index < -0.39 is 5.78 Å². The number of ketones is 1. The molecule has 3 N–H and O–H groups in total. The molecule has 0 fully saturated rings. The van der Waals surface area contributed by atoms with Crippen LogP contribution in [0.2, 0.25) is 0 Å². The van der Waals surface area contributed by atoms with E-state index in [2.05, 4.69) is 0 Å². The van der Waals surface area contributed by atoms with Crippen molar-refractivity contribution in [2.75, 3.05) is 40.6 Å². The quantitative estimate of drug-likeness (QED) is 0.364. The van der Waals surface area contributed by atoms with Crippen molar-refractivity contribution >= 4 is 5.78 Å². The lowest BCUT2D eigenvalue weighted by atomic mass is 10.0. The predicted molar refractivity (Wildman–Crippen MR) is 105 cm³/mol. The van der Waals surface area contributed by atoms with E-state index in [-0.39, 0.29) is 41.6 Å². The Hall–Kier alpha value is -2.97. The molecule has 0 aliphatic rings. The van der Waals surface area contributed by atoms with Crippen LogP contribution >= 0.6 is 0 Å². The second kappa shape index (κ2) is 11.1. The molecule has 0 unspecified atom stereocenters. The minimum Gasteiger partial charge on any atom is -0.507 e. The third-order valence-electron chi connectivity index (χ3n) is 4.16. The first-order chi connectivity index (χ1) is 14.0. The molecule has 0 radical (unpaired) electrons. The fourth-order valence-electron chi connectivity index (χ4n) is 2.69. The molecule has 0 saturated carbocycles. The number of hydrogen-bond donors (Lipinski definition) is 3. The monoisotopic (exact) mass is 406 g/mol. The number of hydrogen-bond acceptors (Lipinski definition) is 8. The van der Waals surface area contributed by atoms with Crippen molar-refractivity contribution in [3.8, 4) is 28.7 Å². The maximum Gasteiger partial charge on any atom is 0.170 e. The van der Waals surface area contributed by atoms with Crippen LogP contribution < -0.4 is 9.47 Å². The number of aryl methyl sites for hydroxylation is 1. The summed E-state index contributed by atoms with van der Waals surface area (Å²) in [6, 6.07) is 7.41. The number of carbonyl (C=O) groups is 1. The van der Waals surface area contributed by atoms with Gasteiger partial charge in [0, 0.05) is 25.7 Å². The van der Waals surface area contributed by atoms with Gasteiger partial charge in [0.05, 0.1) is 26.9 Å². The molecule has 0 aliphatic heterocycles. The van der Waals surface area contributed by atoms with Gasteiger partial charge in [-0.3, -0.25) is 4.79 Å². The number of aromatic hydroxyl groups is 3. The van der Waals surface area contributed by atoms with E-state index in [0.717, 1.165) is 5.56 Å². The maximum atomic E-state index is 12.5. The van der Waals surface area contributed by atoms with Gasteiger partial charge in [-0.2, -0.15) is 0 Å². The van der Waals surface area contributed by atoms with E-state index in [0.29, 0.717) is 32.0 Å². The Balaban J connectivity index is 1.93. The van der Waals surface area contributed by atoms with Gasteiger partial charge in [0.25, 0.3) is 0 Å². The van der Waals surface area contributed by atoms with E-state index in [4.69, 9.17) is 18.9 Å². The fourth-order valence-corrected chi connectivity index (χ4v) is 2.69. The molecule has 2 aromatic rings. The van der Waals surface area contributed by atoms with E-state index >= 15 is 0 Å². The average molecular weight is 406 g/mol. The van der Waals surface area contributed by atoms with E-state index in [9.17, 15) is 20.1 Å². The highest BCUT2D eigenvalue weighted by atomic mass is 16.5. The first-order valence-electron chi connectivity index (χ1n) is 9.10. The van der Waals surface area contributed by atoms with Crippen LogP contribution in [-0.4, -0.2) is 61.7 Å². The summed E-state index contributed by atoms with van der Waals surface area (Å²) in [5, 5.41) is 30.1. The van der Waals surface area contributed by atoms with Gasteiger partial charge in [0.1, 0.15) is 29.4 Å². The third-order valence-corrected chi connectivity index (χ3v) is 4.16. The number of methoxy groups -OCH3 is 2. The Labute approximate surface area is 169 Å². The summed E-state index contributed by atoms with van der Waals surface area (Å²) in [6.45, 7) is 1.46. The van der Waals surface area contributed by atoms with Crippen molar-refractivity contribution in [3.63, 3.8) is 0 Å². The highest BCUT2D eigenvalue weighted by Crippen LogP contribution is 2.34. The molecule has 0 heterocycles. The van der Waals surface area contributed by atoms with Crippen LogP contribution in [0.4, 0.5) is 0 Å². The summed E-state index contributed by atoms with van der Waals surface area (Å²) in [5.41, 5.74) is 0.565. The SMILES string of the molecule is COCCOCCOc1cc(O)c(C(=O)CCc2ccc(OC)c(O)c2)c(O)c1. The third kappa shape index (κ3) is 6.55.